The summed E-state index contributed by atoms with van der Waals surface area (Å²) in [5, 5.41) is 3.00. The van der Waals surface area contributed by atoms with Gasteiger partial charge in [0.2, 0.25) is 5.91 Å². The van der Waals surface area contributed by atoms with Crippen LogP contribution in [-0.4, -0.2) is 12.5 Å². The monoisotopic (exact) mass is 225 g/mol. The van der Waals surface area contributed by atoms with Crippen LogP contribution in [0.1, 0.15) is 65.7 Å². The lowest BCUT2D eigenvalue weighted by molar-refractivity contribution is -0.124. The molecule has 0 saturated heterocycles. The summed E-state index contributed by atoms with van der Waals surface area (Å²) in [5.74, 6) is 0.305. The van der Waals surface area contributed by atoms with Crippen LogP contribution in [0.15, 0.2) is 0 Å². The number of nitrogens with one attached hydrogen (secondary N) is 1. The molecule has 2 nitrogen and oxygen atoms in total. The van der Waals surface area contributed by atoms with Gasteiger partial charge in [-0.05, 0) is 31.1 Å². The van der Waals surface area contributed by atoms with Crippen LogP contribution in [0, 0.1) is 11.3 Å². The normalized spacial score (nSPS) is 19.8. The summed E-state index contributed by atoms with van der Waals surface area (Å²) in [6.45, 7) is 7.15. The van der Waals surface area contributed by atoms with Crippen molar-refractivity contribution in [3.8, 4) is 0 Å². The standard InChI is InChI=1S/C14H27NO/c1-12(2)13(16)15-11-7-10-14(3)8-5-4-6-9-14/h12H,4-11H2,1-3H3,(H,15,16). The molecule has 0 spiro atoms. The van der Waals surface area contributed by atoms with Gasteiger partial charge in [0.25, 0.3) is 0 Å². The van der Waals surface area contributed by atoms with E-state index in [0.29, 0.717) is 5.41 Å². The van der Waals surface area contributed by atoms with Crippen LogP contribution in [0.25, 0.3) is 0 Å². The Balaban J connectivity index is 2.12. The van der Waals surface area contributed by atoms with Crippen LogP contribution in [0.3, 0.4) is 0 Å². The Morgan fingerprint density at radius 1 is 1.25 bits per heavy atom. The van der Waals surface area contributed by atoms with Gasteiger partial charge in [0, 0.05) is 12.5 Å². The average molecular weight is 225 g/mol. The van der Waals surface area contributed by atoms with E-state index in [-0.39, 0.29) is 11.8 Å². The molecule has 0 atom stereocenters. The fraction of sp³-hybridized carbons (Fsp3) is 0.929. The molecule has 1 aliphatic rings. The Labute approximate surface area is 100 Å². The lowest BCUT2D eigenvalue weighted by atomic mass is 9.73. The highest BCUT2D eigenvalue weighted by Crippen LogP contribution is 2.39. The highest BCUT2D eigenvalue weighted by atomic mass is 16.1. The van der Waals surface area contributed by atoms with Crippen molar-refractivity contribution >= 4 is 5.91 Å². The van der Waals surface area contributed by atoms with E-state index in [4.69, 9.17) is 0 Å². The molecular weight excluding hydrogens is 198 g/mol. The second-order valence-corrected chi connectivity index (χ2v) is 5.92. The summed E-state index contributed by atoms with van der Waals surface area (Å²) < 4.78 is 0. The van der Waals surface area contributed by atoms with Crippen molar-refractivity contribution in [2.45, 2.75) is 65.7 Å². The van der Waals surface area contributed by atoms with Gasteiger partial charge in [-0.15, -0.1) is 0 Å². The molecule has 0 aromatic carbocycles. The number of carbonyl (C=O) groups is 1. The predicted octanol–water partition coefficient (Wildman–Crippen LogP) is 3.51. The van der Waals surface area contributed by atoms with Gasteiger partial charge in [0.1, 0.15) is 0 Å². The second-order valence-electron chi connectivity index (χ2n) is 5.92. The van der Waals surface area contributed by atoms with E-state index >= 15 is 0 Å². The molecule has 1 amide bonds. The maximum Gasteiger partial charge on any atom is 0.222 e. The molecule has 1 fully saturated rings. The summed E-state index contributed by atoms with van der Waals surface area (Å²) in [6.07, 6.45) is 9.37. The molecule has 1 rings (SSSR count). The maximum atomic E-state index is 11.4. The Morgan fingerprint density at radius 2 is 1.88 bits per heavy atom. The first-order chi connectivity index (χ1) is 7.53. The number of hydrogen-bond acceptors (Lipinski definition) is 1. The van der Waals surface area contributed by atoms with Gasteiger partial charge in [0.15, 0.2) is 0 Å². The molecule has 16 heavy (non-hydrogen) atoms. The van der Waals surface area contributed by atoms with Crippen LogP contribution < -0.4 is 5.32 Å². The summed E-state index contributed by atoms with van der Waals surface area (Å²) in [4.78, 5) is 11.4. The van der Waals surface area contributed by atoms with Gasteiger partial charge >= 0.3 is 0 Å². The summed E-state index contributed by atoms with van der Waals surface area (Å²) in [7, 11) is 0. The Morgan fingerprint density at radius 3 is 2.44 bits per heavy atom. The Hall–Kier alpha value is -0.530. The molecule has 1 aliphatic carbocycles. The zero-order valence-electron chi connectivity index (χ0n) is 11.1. The van der Waals surface area contributed by atoms with Crippen LogP contribution in [0.5, 0.6) is 0 Å². The first-order valence-electron chi connectivity index (χ1n) is 6.81. The summed E-state index contributed by atoms with van der Waals surface area (Å²) in [5.41, 5.74) is 0.556. The minimum absolute atomic E-state index is 0.116. The largest absolute Gasteiger partial charge is 0.356 e. The van der Waals surface area contributed by atoms with Crippen LogP contribution in [-0.2, 0) is 4.79 Å². The molecule has 0 aromatic heterocycles. The molecule has 1 N–H and O–H groups in total. The zero-order valence-corrected chi connectivity index (χ0v) is 11.1. The third kappa shape index (κ3) is 4.54. The minimum atomic E-state index is 0.116. The van der Waals surface area contributed by atoms with E-state index < -0.39 is 0 Å². The molecular formula is C14H27NO. The fourth-order valence-corrected chi connectivity index (χ4v) is 2.59. The van der Waals surface area contributed by atoms with Crippen LogP contribution in [0.2, 0.25) is 0 Å². The van der Waals surface area contributed by atoms with Crippen LogP contribution in [0.4, 0.5) is 0 Å². The average Bonchev–Trinajstić information content (AvgIpc) is 2.25. The van der Waals surface area contributed by atoms with E-state index in [1.165, 1.54) is 38.5 Å². The van der Waals surface area contributed by atoms with E-state index in [1.807, 2.05) is 13.8 Å². The quantitative estimate of drug-likeness (QED) is 0.713. The summed E-state index contributed by atoms with van der Waals surface area (Å²) >= 11 is 0. The highest BCUT2D eigenvalue weighted by molar-refractivity contribution is 5.77. The lowest BCUT2D eigenvalue weighted by Crippen LogP contribution is -2.30. The predicted molar refractivity (Wildman–Crippen MR) is 68.3 cm³/mol. The van der Waals surface area contributed by atoms with Crippen molar-refractivity contribution in [2.24, 2.45) is 11.3 Å². The van der Waals surface area contributed by atoms with Crippen molar-refractivity contribution in [1.29, 1.82) is 0 Å². The first-order valence-corrected chi connectivity index (χ1v) is 6.81. The van der Waals surface area contributed by atoms with Gasteiger partial charge in [-0.2, -0.15) is 0 Å². The van der Waals surface area contributed by atoms with Gasteiger partial charge in [-0.1, -0.05) is 40.0 Å². The molecule has 0 aliphatic heterocycles. The molecule has 0 unspecified atom stereocenters. The Kier molecular flexibility index (Phi) is 5.30. The highest BCUT2D eigenvalue weighted by Gasteiger charge is 2.25. The number of carbonyl (C=O) groups excluding carboxylic acids is 1. The molecule has 1 saturated carbocycles. The van der Waals surface area contributed by atoms with E-state index in [1.54, 1.807) is 0 Å². The minimum Gasteiger partial charge on any atom is -0.356 e. The molecule has 0 radical (unpaired) electrons. The third-order valence-electron chi connectivity index (χ3n) is 3.84. The molecule has 0 heterocycles. The molecule has 94 valence electrons. The van der Waals surface area contributed by atoms with E-state index in [9.17, 15) is 4.79 Å². The second kappa shape index (κ2) is 6.27. The molecule has 2 heteroatoms. The fourth-order valence-electron chi connectivity index (χ4n) is 2.59. The Bertz CT molecular complexity index is 217. The smallest absolute Gasteiger partial charge is 0.222 e. The lowest BCUT2D eigenvalue weighted by Gasteiger charge is -2.33. The van der Waals surface area contributed by atoms with Crippen molar-refractivity contribution in [3.05, 3.63) is 0 Å². The maximum absolute atomic E-state index is 11.4. The van der Waals surface area contributed by atoms with E-state index in [2.05, 4.69) is 12.2 Å². The van der Waals surface area contributed by atoms with E-state index in [0.717, 1.165) is 13.0 Å². The van der Waals surface area contributed by atoms with Gasteiger partial charge in [-0.25, -0.2) is 0 Å². The summed E-state index contributed by atoms with van der Waals surface area (Å²) in [6, 6.07) is 0. The SMILES string of the molecule is CC(C)C(=O)NCCCC1(C)CCCCC1. The van der Waals surface area contributed by atoms with Gasteiger partial charge in [0.05, 0.1) is 0 Å². The topological polar surface area (TPSA) is 29.1 Å². The van der Waals surface area contributed by atoms with Crippen LogP contribution >= 0.6 is 0 Å². The van der Waals surface area contributed by atoms with Crippen molar-refractivity contribution in [2.75, 3.05) is 6.54 Å². The molecule has 0 bridgehead atoms. The van der Waals surface area contributed by atoms with Gasteiger partial charge in [-0.3, -0.25) is 4.79 Å². The van der Waals surface area contributed by atoms with Crippen molar-refractivity contribution in [3.63, 3.8) is 0 Å². The number of amides is 1. The number of hydrogen-bond donors (Lipinski definition) is 1. The van der Waals surface area contributed by atoms with Crippen molar-refractivity contribution < 1.29 is 4.79 Å². The third-order valence-corrected chi connectivity index (χ3v) is 3.84. The zero-order chi connectivity index (χ0) is 12.0. The molecule has 0 aromatic rings. The first kappa shape index (κ1) is 13.5. The van der Waals surface area contributed by atoms with Crippen molar-refractivity contribution in [1.82, 2.24) is 5.32 Å². The van der Waals surface area contributed by atoms with Gasteiger partial charge < -0.3 is 5.32 Å². The number of rotatable bonds is 5.